The highest BCUT2D eigenvalue weighted by molar-refractivity contribution is 5.93. The maximum atomic E-state index is 12.5. The van der Waals surface area contributed by atoms with Gasteiger partial charge in [-0.2, -0.15) is 0 Å². The number of nitrogens with one attached hydrogen (secondary N) is 1. The Hall–Kier alpha value is -1.81. The molecule has 1 aromatic rings. The average molecular weight is 428 g/mol. The van der Waals surface area contributed by atoms with Crippen LogP contribution in [-0.2, 0) is 10.2 Å². The molecule has 0 unspecified atom stereocenters. The Balaban J connectivity index is 1.83. The number of aliphatic hydroxyl groups is 1. The molecule has 1 aliphatic heterocycles. The van der Waals surface area contributed by atoms with Gasteiger partial charge in [0.1, 0.15) is 11.4 Å². The van der Waals surface area contributed by atoms with Crippen molar-refractivity contribution in [1.29, 1.82) is 0 Å². The van der Waals surface area contributed by atoms with E-state index in [0.717, 1.165) is 24.2 Å². The smallest absolute Gasteiger partial charge is 0.246 e. The zero-order valence-electron chi connectivity index (χ0n) is 20.1. The van der Waals surface area contributed by atoms with E-state index in [0.29, 0.717) is 12.5 Å². The van der Waals surface area contributed by atoms with E-state index in [1.54, 1.807) is 0 Å². The van der Waals surface area contributed by atoms with Gasteiger partial charge in [0.2, 0.25) is 5.91 Å². The highest BCUT2D eigenvalue weighted by Crippen LogP contribution is 2.52. The summed E-state index contributed by atoms with van der Waals surface area (Å²) in [7, 11) is 0. The Bertz CT molecular complexity index is 809. The molecule has 4 nitrogen and oxygen atoms in total. The van der Waals surface area contributed by atoms with E-state index < -0.39 is 0 Å². The molecule has 0 aromatic heterocycles. The third kappa shape index (κ3) is 5.34. The number of allylic oxidation sites excluding steroid dienone is 1. The lowest BCUT2D eigenvalue weighted by atomic mass is 9.66. The van der Waals surface area contributed by atoms with Crippen LogP contribution in [0.2, 0.25) is 0 Å². The van der Waals surface area contributed by atoms with E-state index in [1.807, 2.05) is 0 Å². The van der Waals surface area contributed by atoms with Crippen molar-refractivity contribution in [3.8, 4) is 5.75 Å². The van der Waals surface area contributed by atoms with E-state index in [2.05, 4.69) is 64.2 Å². The first-order valence-corrected chi connectivity index (χ1v) is 12.1. The van der Waals surface area contributed by atoms with Gasteiger partial charge in [-0.05, 0) is 61.6 Å². The third-order valence-corrected chi connectivity index (χ3v) is 7.35. The molecular weight excluding hydrogens is 386 g/mol. The van der Waals surface area contributed by atoms with Crippen molar-refractivity contribution in [3.05, 3.63) is 41.0 Å². The monoisotopic (exact) mass is 427 g/mol. The molecule has 1 amide bonds. The van der Waals surface area contributed by atoms with Crippen LogP contribution in [0.3, 0.4) is 0 Å². The SMILES string of the molecule is CCCCCCC(C)(C)c1ccc2c(c1)OC(C)(C)[C@@H]1CC=C(C(=O)NCCO)C[C@@H]21. The van der Waals surface area contributed by atoms with Crippen molar-refractivity contribution < 1.29 is 14.6 Å². The van der Waals surface area contributed by atoms with E-state index in [9.17, 15) is 4.79 Å². The molecule has 31 heavy (non-hydrogen) atoms. The van der Waals surface area contributed by atoms with Crippen LogP contribution in [0.25, 0.3) is 0 Å². The van der Waals surface area contributed by atoms with Gasteiger partial charge in [0.05, 0.1) is 6.61 Å². The number of unbranched alkanes of at least 4 members (excludes halogenated alkanes) is 3. The summed E-state index contributed by atoms with van der Waals surface area (Å²) >= 11 is 0. The van der Waals surface area contributed by atoms with Gasteiger partial charge in [0.15, 0.2) is 0 Å². The number of aliphatic hydroxyl groups excluding tert-OH is 1. The third-order valence-electron chi connectivity index (χ3n) is 7.35. The molecule has 2 atom stereocenters. The molecule has 1 aromatic carbocycles. The second kappa shape index (κ2) is 9.77. The van der Waals surface area contributed by atoms with E-state index >= 15 is 0 Å². The van der Waals surface area contributed by atoms with E-state index in [-0.39, 0.29) is 29.4 Å². The summed E-state index contributed by atoms with van der Waals surface area (Å²) in [4.78, 5) is 12.5. The van der Waals surface area contributed by atoms with E-state index in [1.165, 1.54) is 43.2 Å². The largest absolute Gasteiger partial charge is 0.487 e. The van der Waals surface area contributed by atoms with Gasteiger partial charge in [-0.3, -0.25) is 4.79 Å². The Kier molecular flexibility index (Phi) is 7.51. The van der Waals surface area contributed by atoms with Crippen molar-refractivity contribution in [2.75, 3.05) is 13.2 Å². The lowest BCUT2D eigenvalue weighted by Gasteiger charge is -2.47. The first kappa shape index (κ1) is 23.8. The van der Waals surface area contributed by atoms with Crippen LogP contribution in [0, 0.1) is 5.92 Å². The van der Waals surface area contributed by atoms with Crippen LogP contribution in [0.4, 0.5) is 0 Å². The molecule has 0 saturated carbocycles. The zero-order chi connectivity index (χ0) is 22.6. The van der Waals surface area contributed by atoms with E-state index in [4.69, 9.17) is 9.84 Å². The summed E-state index contributed by atoms with van der Waals surface area (Å²) in [5, 5.41) is 11.8. The van der Waals surface area contributed by atoms with Crippen molar-refractivity contribution in [3.63, 3.8) is 0 Å². The van der Waals surface area contributed by atoms with Crippen molar-refractivity contribution in [1.82, 2.24) is 5.32 Å². The van der Waals surface area contributed by atoms with Crippen LogP contribution < -0.4 is 10.1 Å². The highest BCUT2D eigenvalue weighted by atomic mass is 16.5. The second-order valence-corrected chi connectivity index (χ2v) is 10.5. The molecule has 4 heteroatoms. The molecule has 2 aliphatic rings. The molecule has 2 N–H and O–H groups in total. The summed E-state index contributed by atoms with van der Waals surface area (Å²) in [5.41, 5.74) is 3.25. The van der Waals surface area contributed by atoms with Crippen molar-refractivity contribution in [2.45, 2.75) is 96.5 Å². The molecule has 0 bridgehead atoms. The van der Waals surface area contributed by atoms with Gasteiger partial charge in [0.25, 0.3) is 0 Å². The van der Waals surface area contributed by atoms with Crippen molar-refractivity contribution in [2.24, 2.45) is 5.92 Å². The predicted molar refractivity (Wildman–Crippen MR) is 127 cm³/mol. The fourth-order valence-corrected chi connectivity index (χ4v) is 5.31. The van der Waals surface area contributed by atoms with Crippen LogP contribution in [0.1, 0.15) is 96.6 Å². The molecule has 0 radical (unpaired) electrons. The van der Waals surface area contributed by atoms with Gasteiger partial charge < -0.3 is 15.2 Å². The fraction of sp³-hybridized carbons (Fsp3) is 0.667. The predicted octanol–water partition coefficient (Wildman–Crippen LogP) is 5.63. The number of ether oxygens (including phenoxy) is 1. The Morgan fingerprint density at radius 2 is 2.03 bits per heavy atom. The van der Waals surface area contributed by atoms with Crippen LogP contribution in [0.15, 0.2) is 29.8 Å². The number of hydrogen-bond donors (Lipinski definition) is 2. The Morgan fingerprint density at radius 1 is 1.26 bits per heavy atom. The van der Waals surface area contributed by atoms with Crippen LogP contribution in [-0.4, -0.2) is 29.8 Å². The second-order valence-electron chi connectivity index (χ2n) is 10.5. The minimum Gasteiger partial charge on any atom is -0.487 e. The number of carbonyl (C=O) groups excluding carboxylic acids is 1. The minimum absolute atomic E-state index is 0.0359. The topological polar surface area (TPSA) is 58.6 Å². The van der Waals surface area contributed by atoms with Crippen LogP contribution >= 0.6 is 0 Å². The molecule has 1 aliphatic carbocycles. The normalized spacial score (nSPS) is 22.1. The number of rotatable bonds is 9. The number of hydrogen-bond acceptors (Lipinski definition) is 3. The molecular formula is C27H41NO3. The summed E-state index contributed by atoms with van der Waals surface area (Å²) in [6.45, 7) is 11.6. The fourth-order valence-electron chi connectivity index (χ4n) is 5.31. The number of benzene rings is 1. The van der Waals surface area contributed by atoms with Gasteiger partial charge in [-0.15, -0.1) is 0 Å². The molecule has 0 saturated heterocycles. The molecule has 0 spiro atoms. The molecule has 1 heterocycles. The maximum Gasteiger partial charge on any atom is 0.246 e. The molecule has 0 fully saturated rings. The summed E-state index contributed by atoms with van der Waals surface area (Å²) in [5.74, 6) is 1.56. The van der Waals surface area contributed by atoms with Gasteiger partial charge in [-0.25, -0.2) is 0 Å². The summed E-state index contributed by atoms with van der Waals surface area (Å²) in [6.07, 6.45) is 9.93. The molecule has 172 valence electrons. The maximum absolute atomic E-state index is 12.5. The lowest BCUT2D eigenvalue weighted by Crippen LogP contribution is -2.46. The summed E-state index contributed by atoms with van der Waals surface area (Å²) < 4.78 is 6.57. The zero-order valence-corrected chi connectivity index (χ0v) is 20.1. The van der Waals surface area contributed by atoms with Crippen LogP contribution in [0.5, 0.6) is 5.75 Å². The Morgan fingerprint density at radius 3 is 2.74 bits per heavy atom. The summed E-state index contributed by atoms with van der Waals surface area (Å²) in [6, 6.07) is 6.79. The lowest BCUT2D eigenvalue weighted by molar-refractivity contribution is -0.118. The van der Waals surface area contributed by atoms with Gasteiger partial charge in [-0.1, -0.05) is 64.7 Å². The number of amides is 1. The number of carbonyl (C=O) groups is 1. The number of fused-ring (bicyclic) bond motifs is 3. The molecule has 3 rings (SSSR count). The van der Waals surface area contributed by atoms with Crippen molar-refractivity contribution >= 4 is 5.91 Å². The first-order chi connectivity index (χ1) is 14.7. The minimum atomic E-state index is -0.273. The Labute approximate surface area is 188 Å². The average Bonchev–Trinajstić information content (AvgIpc) is 2.74. The highest BCUT2D eigenvalue weighted by Gasteiger charge is 2.45. The first-order valence-electron chi connectivity index (χ1n) is 12.1. The van der Waals surface area contributed by atoms with Gasteiger partial charge in [0, 0.05) is 18.0 Å². The van der Waals surface area contributed by atoms with Gasteiger partial charge >= 0.3 is 0 Å². The quantitative estimate of drug-likeness (QED) is 0.502. The standard InChI is InChI=1S/C27H41NO3/c1-6-7-8-9-14-26(2,3)20-11-12-21-22-17-19(25(30)28-15-16-29)10-13-23(22)27(4,5)31-24(21)18-20/h10-12,18,22-23,29H,6-9,13-17H2,1-5H3,(H,28,30)/t22-,23+/m0/s1.